The van der Waals surface area contributed by atoms with Crippen LogP contribution in [0.3, 0.4) is 0 Å². The maximum absolute atomic E-state index is 13.3. The highest BCUT2D eigenvalue weighted by Crippen LogP contribution is 2.30. The molecule has 10 heteroatoms. The first-order valence-electron chi connectivity index (χ1n) is 11.7. The van der Waals surface area contributed by atoms with Crippen molar-refractivity contribution in [2.75, 3.05) is 26.0 Å². The molecule has 5 rings (SSSR count). The second kappa shape index (κ2) is 9.77. The van der Waals surface area contributed by atoms with E-state index in [1.807, 2.05) is 46.9 Å². The summed E-state index contributed by atoms with van der Waals surface area (Å²) in [4.78, 5) is 11.9. The van der Waals surface area contributed by atoms with E-state index in [1.54, 1.807) is 13.4 Å². The highest BCUT2D eigenvalue weighted by molar-refractivity contribution is 7.91. The fourth-order valence-electron chi connectivity index (χ4n) is 4.60. The number of nitrogens with zero attached hydrogens (tertiary/aromatic N) is 4. The van der Waals surface area contributed by atoms with Crippen LogP contribution in [-0.4, -0.2) is 60.8 Å². The van der Waals surface area contributed by atoms with Gasteiger partial charge in [0.05, 0.1) is 41.5 Å². The summed E-state index contributed by atoms with van der Waals surface area (Å²) in [5.41, 5.74) is 3.71. The lowest BCUT2D eigenvalue weighted by Gasteiger charge is -2.39. The Kier molecular flexibility index (Phi) is 6.53. The van der Waals surface area contributed by atoms with Gasteiger partial charge in [0.25, 0.3) is 0 Å². The van der Waals surface area contributed by atoms with Crippen molar-refractivity contribution in [3.8, 4) is 11.4 Å². The third kappa shape index (κ3) is 4.86. The molecule has 2 aliphatic heterocycles. The average molecular weight is 511 g/mol. The van der Waals surface area contributed by atoms with Gasteiger partial charge < -0.3 is 19.0 Å². The number of piperidine rings is 1. The quantitative estimate of drug-likeness (QED) is 0.466. The predicted molar refractivity (Wildman–Crippen MR) is 134 cm³/mol. The van der Waals surface area contributed by atoms with Crippen molar-refractivity contribution in [2.24, 2.45) is 5.16 Å². The summed E-state index contributed by atoms with van der Waals surface area (Å²) in [5.74, 6) is 0.747. The van der Waals surface area contributed by atoms with Crippen molar-refractivity contribution in [1.29, 1.82) is 0 Å². The molecule has 3 heterocycles. The molecule has 0 bridgehead atoms. The molecule has 8 nitrogen and oxygen atoms in total. The summed E-state index contributed by atoms with van der Waals surface area (Å²) in [6.45, 7) is 2.79. The normalized spacial score (nSPS) is 19.0. The molecule has 0 aliphatic carbocycles. The van der Waals surface area contributed by atoms with E-state index in [4.69, 9.17) is 9.57 Å². The number of halogens is 1. The molecule has 36 heavy (non-hydrogen) atoms. The van der Waals surface area contributed by atoms with Gasteiger partial charge in [0.1, 0.15) is 18.2 Å². The van der Waals surface area contributed by atoms with Gasteiger partial charge in [0, 0.05) is 12.7 Å². The molecule has 1 atom stereocenters. The topological polar surface area (TPSA) is 86.0 Å². The van der Waals surface area contributed by atoms with Crippen LogP contribution in [0, 0.1) is 12.7 Å². The number of hydrogen-bond donors (Lipinski definition) is 0. The Morgan fingerprint density at radius 3 is 2.75 bits per heavy atom. The summed E-state index contributed by atoms with van der Waals surface area (Å²) in [6.07, 6.45) is 7.38. The molecule has 188 valence electrons. The van der Waals surface area contributed by atoms with E-state index in [2.05, 4.69) is 10.1 Å². The summed E-state index contributed by atoms with van der Waals surface area (Å²) >= 11 is 0. The standard InChI is InChI=1S/C26H27FN4O4S/c1-18-14-30(17-28-18)24-10-5-19(13-25(24)34-2)12-20-4-3-11-31-22(15-35-29-26(20)31)16-36(32,33)23-8-6-21(27)7-9-23/h5-10,12-14,17,22H,3-4,11,15-16H2,1-2H3/b20-12+/t22-/m1/s1. The Balaban J connectivity index is 1.39. The number of aryl methyl sites for hydroxylation is 1. The van der Waals surface area contributed by atoms with Crippen molar-refractivity contribution in [2.45, 2.75) is 30.7 Å². The minimum Gasteiger partial charge on any atom is -0.495 e. The van der Waals surface area contributed by atoms with Crippen molar-refractivity contribution >= 4 is 21.7 Å². The van der Waals surface area contributed by atoms with Gasteiger partial charge in [-0.05, 0) is 73.4 Å². The zero-order valence-electron chi connectivity index (χ0n) is 20.1. The molecule has 0 saturated carbocycles. The zero-order chi connectivity index (χ0) is 25.3. The molecule has 1 saturated heterocycles. The average Bonchev–Trinajstić information content (AvgIpc) is 3.30. The van der Waals surface area contributed by atoms with E-state index in [9.17, 15) is 12.8 Å². The van der Waals surface area contributed by atoms with Crippen LogP contribution in [0.1, 0.15) is 24.1 Å². The molecule has 2 aliphatic rings. The van der Waals surface area contributed by atoms with Crippen molar-refractivity contribution < 1.29 is 22.4 Å². The number of fused-ring (bicyclic) bond motifs is 1. The highest BCUT2D eigenvalue weighted by Gasteiger charge is 2.35. The first-order valence-corrected chi connectivity index (χ1v) is 13.3. The van der Waals surface area contributed by atoms with Crippen LogP contribution < -0.4 is 4.74 Å². The van der Waals surface area contributed by atoms with E-state index < -0.39 is 21.7 Å². The molecule has 2 aromatic carbocycles. The second-order valence-electron chi connectivity index (χ2n) is 8.92. The Hall–Kier alpha value is -3.66. The van der Waals surface area contributed by atoms with Crippen LogP contribution in [-0.2, 0) is 14.7 Å². The van der Waals surface area contributed by atoms with Crippen molar-refractivity contribution in [1.82, 2.24) is 14.5 Å². The molecule has 3 aromatic rings. The molecule has 0 radical (unpaired) electrons. The number of sulfone groups is 1. The molecule has 0 amide bonds. The van der Waals surface area contributed by atoms with Crippen LogP contribution in [0.5, 0.6) is 5.75 Å². The summed E-state index contributed by atoms with van der Waals surface area (Å²) in [7, 11) is -2.00. The first-order chi connectivity index (χ1) is 17.3. The van der Waals surface area contributed by atoms with Crippen molar-refractivity contribution in [3.05, 3.63) is 77.6 Å². The molecular weight excluding hydrogens is 483 g/mol. The predicted octanol–water partition coefficient (Wildman–Crippen LogP) is 3.99. The number of benzene rings is 2. The van der Waals surface area contributed by atoms with E-state index in [1.165, 1.54) is 12.1 Å². The fourth-order valence-corrected chi connectivity index (χ4v) is 6.13. The number of hydrogen-bond acceptors (Lipinski definition) is 7. The number of methoxy groups -OCH3 is 1. The highest BCUT2D eigenvalue weighted by atomic mass is 32.2. The summed E-state index contributed by atoms with van der Waals surface area (Å²) < 4.78 is 46.8. The fraction of sp³-hybridized carbons (Fsp3) is 0.308. The summed E-state index contributed by atoms with van der Waals surface area (Å²) in [6, 6.07) is 10.5. The third-order valence-electron chi connectivity index (χ3n) is 6.38. The Morgan fingerprint density at radius 2 is 2.03 bits per heavy atom. The number of rotatable bonds is 6. The maximum atomic E-state index is 13.3. The van der Waals surface area contributed by atoms with Crippen LogP contribution in [0.4, 0.5) is 4.39 Å². The van der Waals surface area contributed by atoms with E-state index >= 15 is 0 Å². The second-order valence-corrected chi connectivity index (χ2v) is 11.0. The molecule has 0 N–H and O–H groups in total. The lowest BCUT2D eigenvalue weighted by molar-refractivity contribution is 0.0659. The number of aromatic nitrogens is 2. The number of imidazole rings is 1. The molecule has 0 unspecified atom stereocenters. The van der Waals surface area contributed by atoms with Gasteiger partial charge in [-0.1, -0.05) is 11.2 Å². The van der Waals surface area contributed by atoms with Gasteiger partial charge in [-0.3, -0.25) is 0 Å². The van der Waals surface area contributed by atoms with Gasteiger partial charge in [-0.2, -0.15) is 0 Å². The smallest absolute Gasteiger partial charge is 0.180 e. The minimum atomic E-state index is -3.63. The van der Waals surface area contributed by atoms with Crippen molar-refractivity contribution in [3.63, 3.8) is 0 Å². The van der Waals surface area contributed by atoms with E-state index in [0.717, 1.165) is 47.5 Å². The number of ether oxygens (including phenoxy) is 1. The first kappa shape index (κ1) is 24.1. The zero-order valence-corrected chi connectivity index (χ0v) is 20.9. The third-order valence-corrected chi connectivity index (χ3v) is 8.20. The van der Waals surface area contributed by atoms with Crippen LogP contribution >= 0.6 is 0 Å². The van der Waals surface area contributed by atoms with E-state index in [-0.39, 0.29) is 17.3 Å². The van der Waals surface area contributed by atoms with Crippen LogP contribution in [0.2, 0.25) is 0 Å². The Labute approximate surface area is 209 Å². The van der Waals surface area contributed by atoms with Crippen LogP contribution in [0.15, 0.2) is 70.6 Å². The minimum absolute atomic E-state index is 0.0982. The molecule has 0 spiro atoms. The lowest BCUT2D eigenvalue weighted by atomic mass is 9.98. The largest absolute Gasteiger partial charge is 0.495 e. The van der Waals surface area contributed by atoms with Gasteiger partial charge >= 0.3 is 0 Å². The van der Waals surface area contributed by atoms with Gasteiger partial charge in [0.15, 0.2) is 15.7 Å². The molecule has 1 fully saturated rings. The number of amidine groups is 1. The monoisotopic (exact) mass is 510 g/mol. The maximum Gasteiger partial charge on any atom is 0.180 e. The Bertz CT molecular complexity index is 1430. The van der Waals surface area contributed by atoms with E-state index in [0.29, 0.717) is 18.1 Å². The Morgan fingerprint density at radius 1 is 1.22 bits per heavy atom. The molecule has 1 aromatic heterocycles. The van der Waals surface area contributed by atoms with Gasteiger partial charge in [-0.25, -0.2) is 17.8 Å². The summed E-state index contributed by atoms with van der Waals surface area (Å²) in [5, 5.41) is 4.29. The number of oxime groups is 1. The van der Waals surface area contributed by atoms with Gasteiger partial charge in [0.2, 0.25) is 0 Å². The SMILES string of the molecule is COc1cc(/C=C2\CCCN3C2=NOC[C@@H]3CS(=O)(=O)c2ccc(F)cc2)ccc1-n1cnc(C)c1. The lowest BCUT2D eigenvalue weighted by Crippen LogP contribution is -2.51. The van der Waals surface area contributed by atoms with Crippen LogP contribution in [0.25, 0.3) is 11.8 Å². The van der Waals surface area contributed by atoms with Gasteiger partial charge in [-0.15, -0.1) is 0 Å². The molecular formula is C26H27FN4O4S.